The van der Waals surface area contributed by atoms with E-state index in [0.717, 1.165) is 16.7 Å². The second kappa shape index (κ2) is 8.26. The molecule has 3 rings (SSSR count). The highest BCUT2D eigenvalue weighted by atomic mass is 79.9. The Hall–Kier alpha value is -1.48. The first-order valence-electron chi connectivity index (χ1n) is 7.70. The largest absolute Gasteiger partial charge is 0.503 e. The minimum absolute atomic E-state index is 0.0462. The molecule has 2 amide bonds. The van der Waals surface area contributed by atoms with Crippen LogP contribution in [0.3, 0.4) is 0 Å². The average molecular weight is 534 g/mol. The number of ether oxygens (including phenoxy) is 1. The summed E-state index contributed by atoms with van der Waals surface area (Å²) in [5, 5.41) is 10.3. The maximum atomic E-state index is 12.8. The van der Waals surface area contributed by atoms with Crippen LogP contribution >= 0.6 is 55.2 Å². The molecule has 0 bridgehead atoms. The van der Waals surface area contributed by atoms with Gasteiger partial charge < -0.3 is 9.84 Å². The van der Waals surface area contributed by atoms with Gasteiger partial charge >= 0.3 is 0 Å². The number of aromatic hydroxyl groups is 1. The number of phenolic OH excluding ortho intramolecular Hbond substituents is 1. The summed E-state index contributed by atoms with van der Waals surface area (Å²) in [6.07, 6.45) is 1.58. The molecule has 1 saturated heterocycles. The monoisotopic (exact) mass is 531 g/mol. The Labute approximate surface area is 181 Å². The highest BCUT2D eigenvalue weighted by Crippen LogP contribution is 2.44. The molecule has 1 fully saturated rings. The molecular weight excluding hydrogens is 522 g/mol. The van der Waals surface area contributed by atoms with Gasteiger partial charge in [0.1, 0.15) is 0 Å². The number of phenols is 1. The SMILES string of the molecule is CCOc1cc(/C=C2/SC(=O)N(c3ccc(Cl)cc3)C2=O)c(Br)c(Br)c1O. The number of thioether (sulfide) groups is 1. The number of carbonyl (C=O) groups is 2. The van der Waals surface area contributed by atoms with Crippen LogP contribution in [0.4, 0.5) is 10.5 Å². The molecule has 0 aliphatic carbocycles. The molecule has 140 valence electrons. The molecule has 2 aromatic rings. The fourth-order valence-corrected chi connectivity index (χ4v) is 4.20. The molecule has 27 heavy (non-hydrogen) atoms. The first-order valence-corrected chi connectivity index (χ1v) is 10.5. The smallest absolute Gasteiger partial charge is 0.298 e. The molecule has 5 nitrogen and oxygen atoms in total. The van der Waals surface area contributed by atoms with Crippen LogP contribution in [0.2, 0.25) is 5.02 Å². The predicted molar refractivity (Wildman–Crippen MR) is 115 cm³/mol. The lowest BCUT2D eigenvalue weighted by Gasteiger charge is -2.13. The van der Waals surface area contributed by atoms with Gasteiger partial charge in [0, 0.05) is 9.50 Å². The van der Waals surface area contributed by atoms with E-state index in [1.807, 2.05) is 0 Å². The summed E-state index contributed by atoms with van der Waals surface area (Å²) in [5.41, 5.74) is 1.04. The van der Waals surface area contributed by atoms with Crippen LogP contribution in [0.5, 0.6) is 11.5 Å². The van der Waals surface area contributed by atoms with Gasteiger partial charge in [-0.25, -0.2) is 4.90 Å². The van der Waals surface area contributed by atoms with Crippen molar-refractivity contribution in [2.24, 2.45) is 0 Å². The Balaban J connectivity index is 2.00. The first kappa shape index (κ1) is 20.3. The molecule has 1 N–H and O–H groups in total. The second-order valence-electron chi connectivity index (χ2n) is 5.37. The zero-order valence-electron chi connectivity index (χ0n) is 13.8. The Morgan fingerprint density at radius 2 is 1.89 bits per heavy atom. The van der Waals surface area contributed by atoms with Crippen LogP contribution in [0.15, 0.2) is 44.2 Å². The quantitative estimate of drug-likeness (QED) is 0.474. The number of nitrogens with zero attached hydrogens (tertiary/aromatic N) is 1. The number of benzene rings is 2. The summed E-state index contributed by atoms with van der Waals surface area (Å²) in [7, 11) is 0. The van der Waals surface area contributed by atoms with Gasteiger partial charge in [0.2, 0.25) is 0 Å². The van der Waals surface area contributed by atoms with E-state index in [4.69, 9.17) is 16.3 Å². The first-order chi connectivity index (χ1) is 12.8. The highest BCUT2D eigenvalue weighted by molar-refractivity contribution is 9.13. The molecule has 0 aromatic heterocycles. The number of amides is 2. The van der Waals surface area contributed by atoms with E-state index in [1.54, 1.807) is 43.3 Å². The second-order valence-corrected chi connectivity index (χ2v) is 8.38. The van der Waals surface area contributed by atoms with Crippen LogP contribution < -0.4 is 9.64 Å². The number of hydrogen-bond donors (Lipinski definition) is 1. The summed E-state index contributed by atoms with van der Waals surface area (Å²) in [6.45, 7) is 2.17. The van der Waals surface area contributed by atoms with Gasteiger partial charge in [-0.3, -0.25) is 9.59 Å². The molecule has 2 aromatic carbocycles. The fraction of sp³-hybridized carbons (Fsp3) is 0.111. The number of imide groups is 1. The molecule has 1 aliphatic rings. The van der Waals surface area contributed by atoms with Gasteiger partial charge in [-0.05, 0) is 92.5 Å². The van der Waals surface area contributed by atoms with E-state index in [1.165, 1.54) is 0 Å². The van der Waals surface area contributed by atoms with Gasteiger partial charge in [0.25, 0.3) is 11.1 Å². The van der Waals surface area contributed by atoms with Crippen molar-refractivity contribution < 1.29 is 19.4 Å². The van der Waals surface area contributed by atoms with E-state index in [9.17, 15) is 14.7 Å². The zero-order chi connectivity index (χ0) is 19.7. The molecule has 1 aliphatic heterocycles. The van der Waals surface area contributed by atoms with Gasteiger partial charge in [-0.2, -0.15) is 0 Å². The van der Waals surface area contributed by atoms with Gasteiger partial charge in [0.15, 0.2) is 11.5 Å². The summed E-state index contributed by atoms with van der Waals surface area (Å²) >= 11 is 13.4. The fourth-order valence-electron chi connectivity index (χ4n) is 2.40. The molecule has 1 heterocycles. The maximum absolute atomic E-state index is 12.8. The van der Waals surface area contributed by atoms with Crippen molar-refractivity contribution in [3.63, 3.8) is 0 Å². The number of hydrogen-bond acceptors (Lipinski definition) is 5. The summed E-state index contributed by atoms with van der Waals surface area (Å²) in [5.74, 6) is -0.202. The highest BCUT2D eigenvalue weighted by Gasteiger charge is 2.36. The third-order valence-electron chi connectivity index (χ3n) is 3.64. The van der Waals surface area contributed by atoms with Crippen LogP contribution in [-0.2, 0) is 4.79 Å². The Kier molecular flexibility index (Phi) is 6.20. The van der Waals surface area contributed by atoms with E-state index in [-0.39, 0.29) is 16.4 Å². The van der Waals surface area contributed by atoms with Crippen molar-refractivity contribution in [3.8, 4) is 11.5 Å². The Morgan fingerprint density at radius 1 is 1.22 bits per heavy atom. The van der Waals surface area contributed by atoms with Gasteiger partial charge in [-0.1, -0.05) is 11.6 Å². The summed E-state index contributed by atoms with van der Waals surface area (Å²) in [6, 6.07) is 8.06. The minimum Gasteiger partial charge on any atom is -0.503 e. The van der Waals surface area contributed by atoms with E-state index in [0.29, 0.717) is 31.8 Å². The normalized spacial score (nSPS) is 15.7. The Bertz CT molecular complexity index is 963. The average Bonchev–Trinajstić information content (AvgIpc) is 2.92. The third kappa shape index (κ3) is 4.03. The Morgan fingerprint density at radius 3 is 2.52 bits per heavy atom. The van der Waals surface area contributed by atoms with Crippen LogP contribution in [0.25, 0.3) is 6.08 Å². The molecule has 0 saturated carbocycles. The maximum Gasteiger partial charge on any atom is 0.298 e. The predicted octanol–water partition coefficient (Wildman–Crippen LogP) is 6.21. The lowest BCUT2D eigenvalue weighted by molar-refractivity contribution is -0.113. The minimum atomic E-state index is -0.429. The van der Waals surface area contributed by atoms with E-state index in [2.05, 4.69) is 31.9 Å². The van der Waals surface area contributed by atoms with Crippen LogP contribution in [0.1, 0.15) is 12.5 Å². The van der Waals surface area contributed by atoms with Crippen LogP contribution in [0, 0.1) is 0 Å². The van der Waals surface area contributed by atoms with E-state index >= 15 is 0 Å². The number of anilines is 1. The number of rotatable bonds is 4. The molecular formula is C18H12Br2ClNO4S. The van der Waals surface area contributed by atoms with Crippen molar-refractivity contribution in [2.75, 3.05) is 11.5 Å². The van der Waals surface area contributed by atoms with Gasteiger partial charge in [-0.15, -0.1) is 0 Å². The molecule has 0 radical (unpaired) electrons. The standard InChI is InChI=1S/C18H12Br2ClNO4S/c1-2-26-12-7-9(14(19)15(20)16(12)23)8-13-17(24)22(18(25)27-13)11-5-3-10(21)4-6-11/h3-8,23H,2H2,1H3/b13-8+. The zero-order valence-corrected chi connectivity index (χ0v) is 18.6. The van der Waals surface area contributed by atoms with Crippen molar-refractivity contribution in [1.29, 1.82) is 0 Å². The van der Waals surface area contributed by atoms with Crippen molar-refractivity contribution in [1.82, 2.24) is 0 Å². The topological polar surface area (TPSA) is 66.8 Å². The van der Waals surface area contributed by atoms with Gasteiger partial charge in [0.05, 0.1) is 21.7 Å². The van der Waals surface area contributed by atoms with Crippen molar-refractivity contribution in [2.45, 2.75) is 6.92 Å². The third-order valence-corrected chi connectivity index (χ3v) is 6.92. The molecule has 0 unspecified atom stereocenters. The van der Waals surface area contributed by atoms with Crippen molar-refractivity contribution in [3.05, 3.63) is 54.8 Å². The number of halogens is 3. The van der Waals surface area contributed by atoms with Crippen LogP contribution in [-0.4, -0.2) is 22.9 Å². The van der Waals surface area contributed by atoms with E-state index < -0.39 is 11.1 Å². The lowest BCUT2D eigenvalue weighted by Crippen LogP contribution is -2.27. The molecule has 0 atom stereocenters. The number of carbonyl (C=O) groups excluding carboxylic acids is 2. The lowest BCUT2D eigenvalue weighted by atomic mass is 10.1. The van der Waals surface area contributed by atoms with Crippen molar-refractivity contribution >= 4 is 78.1 Å². The summed E-state index contributed by atoms with van der Waals surface area (Å²) in [4.78, 5) is 26.5. The molecule has 9 heteroatoms. The summed E-state index contributed by atoms with van der Waals surface area (Å²) < 4.78 is 6.36. The molecule has 0 spiro atoms.